The minimum absolute atomic E-state index is 0.660. The number of fused-ring (bicyclic) bond motifs is 6. The smallest absolute Gasteiger partial charge is 0.101 e. The van der Waals surface area contributed by atoms with Gasteiger partial charge in [-0.1, -0.05) is 72.8 Å². The number of rotatable bonds is 2. The van der Waals surface area contributed by atoms with Gasteiger partial charge in [-0.2, -0.15) is 5.26 Å². The molecule has 0 spiro atoms. The molecule has 0 atom stereocenters. The first-order valence-corrected chi connectivity index (χ1v) is 11.4. The highest BCUT2D eigenvalue weighted by Gasteiger charge is 2.19. The van der Waals surface area contributed by atoms with Crippen molar-refractivity contribution in [1.29, 1.82) is 5.26 Å². The summed E-state index contributed by atoms with van der Waals surface area (Å²) >= 11 is 0. The zero-order chi connectivity index (χ0) is 22.6. The molecule has 0 fully saturated rings. The Kier molecular flexibility index (Phi) is 3.91. The minimum Gasteiger partial charge on any atom is -0.309 e. The number of nitrogens with zero attached hydrogens (tertiary/aromatic N) is 3. The molecule has 0 amide bonds. The van der Waals surface area contributed by atoms with Crippen LogP contribution >= 0.6 is 0 Å². The zero-order valence-electron chi connectivity index (χ0n) is 18.3. The van der Waals surface area contributed by atoms with Crippen molar-refractivity contribution in [3.63, 3.8) is 0 Å². The topological polar surface area (TPSA) is 33.6 Å². The molecule has 7 aromatic rings. The Labute approximate surface area is 196 Å². The van der Waals surface area contributed by atoms with Crippen LogP contribution in [-0.2, 0) is 0 Å². The van der Waals surface area contributed by atoms with Crippen LogP contribution in [0, 0.1) is 11.3 Å². The monoisotopic (exact) mass is 433 g/mol. The first-order chi connectivity index (χ1) is 16.9. The predicted molar refractivity (Wildman–Crippen MR) is 140 cm³/mol. The molecule has 2 aromatic heterocycles. The van der Waals surface area contributed by atoms with Gasteiger partial charge in [-0.05, 0) is 42.5 Å². The van der Waals surface area contributed by atoms with E-state index in [2.05, 4.69) is 106 Å². The van der Waals surface area contributed by atoms with Crippen molar-refractivity contribution in [3.05, 3.63) is 121 Å². The molecule has 0 N–H and O–H groups in total. The lowest BCUT2D eigenvalue weighted by Gasteiger charge is -2.12. The minimum atomic E-state index is 0.660. The first kappa shape index (κ1) is 18.7. The van der Waals surface area contributed by atoms with E-state index in [1.54, 1.807) is 0 Å². The Hall–Kier alpha value is -4.81. The molecular formula is C31H19N3. The molecule has 3 nitrogen and oxygen atoms in total. The number of nitriles is 1. The second-order valence-corrected chi connectivity index (χ2v) is 8.52. The van der Waals surface area contributed by atoms with Crippen LogP contribution in [-0.4, -0.2) is 9.13 Å². The van der Waals surface area contributed by atoms with Gasteiger partial charge in [-0.15, -0.1) is 0 Å². The third-order valence-corrected chi connectivity index (χ3v) is 6.76. The van der Waals surface area contributed by atoms with E-state index in [0.29, 0.717) is 5.56 Å². The van der Waals surface area contributed by atoms with Crippen LogP contribution in [0.25, 0.3) is 55.0 Å². The third kappa shape index (κ3) is 2.45. The molecule has 158 valence electrons. The molecule has 0 saturated heterocycles. The standard InChI is InChI=1S/C31H19N3/c32-20-21-10-1-5-14-25(21)33-28-17-8-4-13-24(28)31-29(33)18-9-19-30(31)34-26-15-6-2-11-22(26)23-12-3-7-16-27(23)34/h1-19H. The van der Waals surface area contributed by atoms with E-state index in [1.165, 1.54) is 32.6 Å². The molecule has 0 aliphatic carbocycles. The van der Waals surface area contributed by atoms with Crippen LogP contribution in [0.3, 0.4) is 0 Å². The lowest BCUT2D eigenvalue weighted by molar-refractivity contribution is 1.16. The average Bonchev–Trinajstić information content (AvgIpc) is 3.42. The van der Waals surface area contributed by atoms with Gasteiger partial charge in [0.2, 0.25) is 0 Å². The highest BCUT2D eigenvalue weighted by atomic mass is 15.0. The molecule has 0 radical (unpaired) electrons. The molecular weight excluding hydrogens is 414 g/mol. The lowest BCUT2D eigenvalue weighted by atomic mass is 10.1. The van der Waals surface area contributed by atoms with Gasteiger partial charge < -0.3 is 9.13 Å². The summed E-state index contributed by atoms with van der Waals surface area (Å²) in [6, 6.07) is 42.3. The van der Waals surface area contributed by atoms with Gasteiger partial charge in [0, 0.05) is 21.5 Å². The van der Waals surface area contributed by atoms with Crippen molar-refractivity contribution in [2.45, 2.75) is 0 Å². The fraction of sp³-hybridized carbons (Fsp3) is 0. The summed E-state index contributed by atoms with van der Waals surface area (Å²) in [5.41, 5.74) is 7.25. The maximum absolute atomic E-state index is 9.84. The van der Waals surface area contributed by atoms with Crippen LogP contribution in [0.4, 0.5) is 0 Å². The predicted octanol–water partition coefficient (Wildman–Crippen LogP) is 7.75. The molecule has 3 heteroatoms. The van der Waals surface area contributed by atoms with E-state index < -0.39 is 0 Å². The van der Waals surface area contributed by atoms with Gasteiger partial charge in [0.15, 0.2) is 0 Å². The highest BCUT2D eigenvalue weighted by Crippen LogP contribution is 2.39. The Morgan fingerprint density at radius 2 is 0.912 bits per heavy atom. The molecule has 0 aliphatic heterocycles. The summed E-state index contributed by atoms with van der Waals surface area (Å²) in [6.45, 7) is 0. The van der Waals surface area contributed by atoms with Crippen LogP contribution in [0.15, 0.2) is 115 Å². The lowest BCUT2D eigenvalue weighted by Crippen LogP contribution is -1.98. The van der Waals surface area contributed by atoms with Crippen molar-refractivity contribution in [2.24, 2.45) is 0 Å². The molecule has 34 heavy (non-hydrogen) atoms. The van der Waals surface area contributed by atoms with Gasteiger partial charge in [0.25, 0.3) is 0 Å². The highest BCUT2D eigenvalue weighted by molar-refractivity contribution is 6.16. The SMILES string of the molecule is N#Cc1ccccc1-n1c2ccccc2c2c(-n3c4ccccc4c4ccccc43)cccc21. The fourth-order valence-corrected chi connectivity index (χ4v) is 5.39. The fourth-order valence-electron chi connectivity index (χ4n) is 5.39. The molecule has 0 unspecified atom stereocenters. The van der Waals surface area contributed by atoms with E-state index in [9.17, 15) is 5.26 Å². The Balaban J connectivity index is 1.69. The van der Waals surface area contributed by atoms with Crippen LogP contribution in [0.1, 0.15) is 5.56 Å². The number of para-hydroxylation sites is 4. The molecule has 7 rings (SSSR count). The second-order valence-electron chi connectivity index (χ2n) is 8.52. The Morgan fingerprint density at radius 1 is 0.441 bits per heavy atom. The van der Waals surface area contributed by atoms with Crippen molar-refractivity contribution in [3.8, 4) is 17.4 Å². The van der Waals surface area contributed by atoms with Gasteiger partial charge in [-0.25, -0.2) is 0 Å². The molecule has 0 bridgehead atoms. The summed E-state index contributed by atoms with van der Waals surface area (Å²) < 4.78 is 4.60. The first-order valence-electron chi connectivity index (χ1n) is 11.4. The number of hydrogen-bond acceptors (Lipinski definition) is 1. The molecule has 2 heterocycles. The normalized spacial score (nSPS) is 11.5. The summed E-state index contributed by atoms with van der Waals surface area (Å²) in [7, 11) is 0. The van der Waals surface area contributed by atoms with Gasteiger partial charge >= 0.3 is 0 Å². The van der Waals surface area contributed by atoms with Crippen LogP contribution < -0.4 is 0 Å². The maximum atomic E-state index is 9.84. The van der Waals surface area contributed by atoms with Crippen molar-refractivity contribution in [1.82, 2.24) is 9.13 Å². The number of aromatic nitrogens is 2. The van der Waals surface area contributed by atoms with Crippen LogP contribution in [0.2, 0.25) is 0 Å². The number of hydrogen-bond donors (Lipinski definition) is 0. The summed E-state index contributed by atoms with van der Waals surface area (Å²) in [5, 5.41) is 14.7. The Morgan fingerprint density at radius 3 is 1.59 bits per heavy atom. The summed E-state index contributed by atoms with van der Waals surface area (Å²) in [5.74, 6) is 0. The van der Waals surface area contributed by atoms with E-state index in [4.69, 9.17) is 0 Å². The number of benzene rings is 5. The van der Waals surface area contributed by atoms with Crippen molar-refractivity contribution in [2.75, 3.05) is 0 Å². The van der Waals surface area contributed by atoms with Gasteiger partial charge in [0.05, 0.1) is 39.0 Å². The molecule has 0 aliphatic rings. The summed E-state index contributed by atoms with van der Waals surface area (Å²) in [6.07, 6.45) is 0. The average molecular weight is 434 g/mol. The summed E-state index contributed by atoms with van der Waals surface area (Å²) in [4.78, 5) is 0. The van der Waals surface area contributed by atoms with E-state index in [-0.39, 0.29) is 0 Å². The van der Waals surface area contributed by atoms with Gasteiger partial charge in [0.1, 0.15) is 6.07 Å². The molecule has 5 aromatic carbocycles. The van der Waals surface area contributed by atoms with E-state index >= 15 is 0 Å². The Bertz CT molecular complexity index is 1870. The van der Waals surface area contributed by atoms with Crippen LogP contribution in [0.5, 0.6) is 0 Å². The van der Waals surface area contributed by atoms with E-state index in [1.807, 2.05) is 24.3 Å². The van der Waals surface area contributed by atoms with Gasteiger partial charge in [-0.3, -0.25) is 0 Å². The molecule has 0 saturated carbocycles. The quantitative estimate of drug-likeness (QED) is 0.274. The second kappa shape index (κ2) is 7.10. The van der Waals surface area contributed by atoms with Crippen molar-refractivity contribution < 1.29 is 0 Å². The zero-order valence-corrected chi connectivity index (χ0v) is 18.3. The van der Waals surface area contributed by atoms with E-state index in [0.717, 1.165) is 22.4 Å². The maximum Gasteiger partial charge on any atom is 0.101 e. The van der Waals surface area contributed by atoms with Crippen molar-refractivity contribution >= 4 is 43.6 Å². The third-order valence-electron chi connectivity index (χ3n) is 6.76. The largest absolute Gasteiger partial charge is 0.309 e.